The Balaban J connectivity index is 1.68. The zero-order chi connectivity index (χ0) is 22.1. The van der Waals surface area contributed by atoms with Gasteiger partial charge in [-0.2, -0.15) is 0 Å². The fraction of sp³-hybridized carbons (Fsp3) is 0.478. The van der Waals surface area contributed by atoms with E-state index in [4.69, 9.17) is 9.72 Å². The van der Waals surface area contributed by atoms with Crippen molar-refractivity contribution < 1.29 is 14.9 Å². The predicted molar refractivity (Wildman–Crippen MR) is 122 cm³/mol. The van der Waals surface area contributed by atoms with Crippen LogP contribution in [0, 0.1) is 6.92 Å². The summed E-state index contributed by atoms with van der Waals surface area (Å²) >= 11 is 0. The fourth-order valence-electron chi connectivity index (χ4n) is 3.41. The van der Waals surface area contributed by atoms with Gasteiger partial charge < -0.3 is 30.2 Å². The number of nitrogens with zero attached hydrogens (tertiary/aromatic N) is 3. The number of fused-ring (bicyclic) bond motifs is 1. The second-order valence-electron chi connectivity index (χ2n) is 7.50. The molecule has 0 saturated carbocycles. The van der Waals surface area contributed by atoms with Gasteiger partial charge in [0.15, 0.2) is 0 Å². The lowest BCUT2D eigenvalue weighted by atomic mass is 10.2. The van der Waals surface area contributed by atoms with E-state index in [0.29, 0.717) is 12.2 Å². The van der Waals surface area contributed by atoms with E-state index in [9.17, 15) is 10.2 Å². The van der Waals surface area contributed by atoms with Crippen molar-refractivity contribution in [1.29, 1.82) is 0 Å². The predicted octanol–water partition coefficient (Wildman–Crippen LogP) is 2.80. The minimum Gasteiger partial charge on any atom is -0.506 e. The lowest BCUT2D eigenvalue weighted by Crippen LogP contribution is -2.21. The van der Waals surface area contributed by atoms with Gasteiger partial charge in [0, 0.05) is 25.5 Å². The minimum atomic E-state index is -0.0349. The summed E-state index contributed by atoms with van der Waals surface area (Å²) in [6.07, 6.45) is 1.96. The zero-order valence-corrected chi connectivity index (χ0v) is 18.4. The molecule has 8 nitrogen and oxygen atoms in total. The van der Waals surface area contributed by atoms with E-state index in [0.717, 1.165) is 73.9 Å². The van der Waals surface area contributed by atoms with Crippen LogP contribution in [0.1, 0.15) is 36.7 Å². The quantitative estimate of drug-likeness (QED) is 0.311. The average Bonchev–Trinajstić information content (AvgIpc) is 3.11. The summed E-state index contributed by atoms with van der Waals surface area (Å²) in [7, 11) is 0. The third kappa shape index (κ3) is 6.40. The highest BCUT2D eigenvalue weighted by molar-refractivity contribution is 5.79. The van der Waals surface area contributed by atoms with Crippen LogP contribution in [0.25, 0.3) is 11.0 Å². The van der Waals surface area contributed by atoms with Crippen molar-refractivity contribution in [3.05, 3.63) is 47.3 Å². The summed E-state index contributed by atoms with van der Waals surface area (Å²) in [5.74, 6) is 0.886. The van der Waals surface area contributed by atoms with Crippen LogP contribution in [0.4, 0.5) is 5.95 Å². The number of aliphatic hydroxyl groups excluding tert-OH is 1. The van der Waals surface area contributed by atoms with Crippen molar-refractivity contribution in [1.82, 2.24) is 19.9 Å². The molecule has 3 aromatic rings. The standard InChI is InChI=1S/C23H33N5O3/c1-3-31-13-5-11-24-10-4-12-25-23-27-19-8-7-18(16-29)14-21(19)28(23)15-20-22(30)9-6-17(2)26-20/h6-9,14,24,29-30H,3-5,10-13,15-16H2,1-2H3,(H,25,27). The lowest BCUT2D eigenvalue weighted by Gasteiger charge is -2.12. The second-order valence-corrected chi connectivity index (χ2v) is 7.50. The number of imidazole rings is 1. The Morgan fingerprint density at radius 2 is 1.90 bits per heavy atom. The molecule has 0 amide bonds. The third-order valence-corrected chi connectivity index (χ3v) is 5.05. The molecule has 0 aliphatic heterocycles. The molecule has 0 aliphatic rings. The smallest absolute Gasteiger partial charge is 0.204 e. The largest absolute Gasteiger partial charge is 0.506 e. The molecule has 4 N–H and O–H groups in total. The summed E-state index contributed by atoms with van der Waals surface area (Å²) in [5, 5.41) is 26.7. The number of rotatable bonds is 13. The number of anilines is 1. The van der Waals surface area contributed by atoms with Crippen molar-refractivity contribution in [3.63, 3.8) is 0 Å². The van der Waals surface area contributed by atoms with Gasteiger partial charge in [-0.15, -0.1) is 0 Å². The van der Waals surface area contributed by atoms with Crippen LogP contribution in [-0.4, -0.2) is 57.6 Å². The van der Waals surface area contributed by atoms with E-state index in [1.54, 1.807) is 12.1 Å². The molecule has 0 radical (unpaired) electrons. The number of aromatic nitrogens is 3. The molecule has 0 bridgehead atoms. The monoisotopic (exact) mass is 427 g/mol. The van der Waals surface area contributed by atoms with Crippen LogP contribution < -0.4 is 10.6 Å². The highest BCUT2D eigenvalue weighted by Crippen LogP contribution is 2.25. The second kappa shape index (κ2) is 11.6. The van der Waals surface area contributed by atoms with E-state index in [2.05, 4.69) is 15.6 Å². The molecule has 2 heterocycles. The number of aliphatic hydroxyl groups is 1. The summed E-state index contributed by atoms with van der Waals surface area (Å²) < 4.78 is 7.35. The molecular weight excluding hydrogens is 394 g/mol. The number of nitrogens with one attached hydrogen (secondary N) is 2. The molecule has 8 heteroatoms. The van der Waals surface area contributed by atoms with Gasteiger partial charge in [-0.3, -0.25) is 4.98 Å². The van der Waals surface area contributed by atoms with Crippen LogP contribution in [-0.2, 0) is 17.9 Å². The number of hydrogen-bond donors (Lipinski definition) is 4. The van der Waals surface area contributed by atoms with Crippen LogP contribution in [0.3, 0.4) is 0 Å². The average molecular weight is 428 g/mol. The molecule has 168 valence electrons. The molecule has 0 spiro atoms. The first-order valence-electron chi connectivity index (χ1n) is 10.9. The minimum absolute atomic E-state index is 0.0349. The van der Waals surface area contributed by atoms with Crippen molar-refractivity contribution in [3.8, 4) is 5.75 Å². The normalized spacial score (nSPS) is 11.3. The van der Waals surface area contributed by atoms with E-state index < -0.39 is 0 Å². The Bertz CT molecular complexity index is 973. The first kappa shape index (κ1) is 23.0. The van der Waals surface area contributed by atoms with Crippen molar-refractivity contribution in [2.45, 2.75) is 39.8 Å². The highest BCUT2D eigenvalue weighted by atomic mass is 16.5. The zero-order valence-electron chi connectivity index (χ0n) is 18.4. The van der Waals surface area contributed by atoms with Crippen LogP contribution >= 0.6 is 0 Å². The molecule has 0 fully saturated rings. The van der Waals surface area contributed by atoms with E-state index in [1.807, 2.05) is 36.6 Å². The van der Waals surface area contributed by atoms with Gasteiger partial charge in [0.25, 0.3) is 0 Å². The highest BCUT2D eigenvalue weighted by Gasteiger charge is 2.14. The molecule has 31 heavy (non-hydrogen) atoms. The SMILES string of the molecule is CCOCCCNCCCNc1nc2ccc(CO)cc2n1Cc1nc(C)ccc1O. The van der Waals surface area contributed by atoms with Gasteiger partial charge in [-0.1, -0.05) is 6.07 Å². The van der Waals surface area contributed by atoms with Gasteiger partial charge in [-0.25, -0.2) is 4.98 Å². The Labute approximate surface area is 183 Å². The lowest BCUT2D eigenvalue weighted by molar-refractivity contribution is 0.145. The van der Waals surface area contributed by atoms with Gasteiger partial charge in [0.05, 0.1) is 24.2 Å². The van der Waals surface area contributed by atoms with Crippen molar-refractivity contribution >= 4 is 17.0 Å². The van der Waals surface area contributed by atoms with Gasteiger partial charge in [-0.05, 0) is 69.6 Å². The van der Waals surface area contributed by atoms with E-state index in [1.165, 1.54) is 0 Å². The first-order valence-corrected chi connectivity index (χ1v) is 10.9. The molecule has 0 unspecified atom stereocenters. The van der Waals surface area contributed by atoms with Gasteiger partial charge in [0.2, 0.25) is 5.95 Å². The number of hydrogen-bond acceptors (Lipinski definition) is 7. The molecule has 0 aliphatic carbocycles. The van der Waals surface area contributed by atoms with E-state index in [-0.39, 0.29) is 12.4 Å². The Morgan fingerprint density at radius 1 is 1.06 bits per heavy atom. The Hall–Kier alpha value is -2.68. The molecular formula is C23H33N5O3. The summed E-state index contributed by atoms with van der Waals surface area (Å²) in [6.45, 7) is 8.44. The fourth-order valence-corrected chi connectivity index (χ4v) is 3.41. The Kier molecular flexibility index (Phi) is 8.63. The van der Waals surface area contributed by atoms with Crippen molar-refractivity contribution in [2.24, 2.45) is 0 Å². The molecule has 0 saturated heterocycles. The maximum atomic E-state index is 10.3. The van der Waals surface area contributed by atoms with Gasteiger partial charge >= 0.3 is 0 Å². The summed E-state index contributed by atoms with van der Waals surface area (Å²) in [5.41, 5.74) is 3.98. The molecule has 3 rings (SSSR count). The first-order chi connectivity index (χ1) is 15.1. The molecule has 0 atom stereocenters. The topological polar surface area (TPSA) is 104 Å². The molecule has 2 aromatic heterocycles. The maximum absolute atomic E-state index is 10.3. The number of ether oxygens (including phenoxy) is 1. The van der Waals surface area contributed by atoms with Gasteiger partial charge in [0.1, 0.15) is 11.4 Å². The molecule has 1 aromatic carbocycles. The maximum Gasteiger partial charge on any atom is 0.204 e. The van der Waals surface area contributed by atoms with Crippen LogP contribution in [0.2, 0.25) is 0 Å². The number of benzene rings is 1. The number of aryl methyl sites for hydroxylation is 1. The Morgan fingerprint density at radius 3 is 2.71 bits per heavy atom. The number of pyridine rings is 1. The number of aromatic hydroxyl groups is 1. The van der Waals surface area contributed by atoms with Crippen LogP contribution in [0.5, 0.6) is 5.75 Å². The summed E-state index contributed by atoms with van der Waals surface area (Å²) in [4.78, 5) is 9.22. The van der Waals surface area contributed by atoms with Crippen molar-refractivity contribution in [2.75, 3.05) is 38.2 Å². The van der Waals surface area contributed by atoms with Crippen LogP contribution in [0.15, 0.2) is 30.3 Å². The van der Waals surface area contributed by atoms with E-state index >= 15 is 0 Å². The summed E-state index contributed by atoms with van der Waals surface area (Å²) in [6, 6.07) is 9.17. The third-order valence-electron chi connectivity index (χ3n) is 5.05.